The maximum atomic E-state index is 14.0. The lowest BCUT2D eigenvalue weighted by Crippen LogP contribution is -3.34. The smallest absolute Gasteiger partial charge is 0.296 e. The summed E-state index contributed by atoms with van der Waals surface area (Å²) in [5.41, 5.74) is 5.42. The fraction of sp³-hybridized carbons (Fsp3) is 0.375. The maximum absolute atomic E-state index is 14.0. The van der Waals surface area contributed by atoms with Crippen LogP contribution in [0.4, 0.5) is 15.9 Å². The first kappa shape index (κ1) is 28.1. The van der Waals surface area contributed by atoms with Crippen LogP contribution in [0.3, 0.4) is 0 Å². The maximum Gasteiger partial charge on any atom is 0.296 e. The number of halogens is 2. The molecule has 7 nitrogen and oxygen atoms in total. The highest BCUT2D eigenvalue weighted by molar-refractivity contribution is 6.10. The Balaban J connectivity index is 1.24. The van der Waals surface area contributed by atoms with Gasteiger partial charge < -0.3 is 15.4 Å². The summed E-state index contributed by atoms with van der Waals surface area (Å²) in [6, 6.07) is 17.5. The van der Waals surface area contributed by atoms with Crippen LogP contribution in [-0.2, 0) is 17.7 Å². The zero-order chi connectivity index (χ0) is 28.2. The number of anilines is 2. The molecule has 2 aliphatic rings. The van der Waals surface area contributed by atoms with Crippen LogP contribution in [0.25, 0.3) is 10.9 Å². The fourth-order valence-electron chi connectivity index (χ4n) is 5.84. The number of ether oxygens (including phenoxy) is 1. The van der Waals surface area contributed by atoms with Crippen molar-refractivity contribution in [3.63, 3.8) is 0 Å². The highest BCUT2D eigenvalue weighted by atomic mass is 127. The predicted octanol–water partition coefficient (Wildman–Crippen LogP) is 2.58. The third-order valence-corrected chi connectivity index (χ3v) is 8.64. The van der Waals surface area contributed by atoms with Gasteiger partial charge in [0, 0.05) is 42.9 Å². The molecule has 0 spiro atoms. The van der Waals surface area contributed by atoms with Gasteiger partial charge in [-0.3, -0.25) is 14.8 Å². The van der Waals surface area contributed by atoms with Crippen LogP contribution in [0.5, 0.6) is 0 Å². The molecular formula is C32H36FIN5O2+. The number of amides is 1. The number of fused-ring (bicyclic) bond motifs is 1. The number of likely N-dealkylation sites (tertiary alicyclic amines) is 1. The molecule has 0 aliphatic carbocycles. The molecule has 1 aromatic heterocycles. The first-order valence-electron chi connectivity index (χ1n) is 14.4. The monoisotopic (exact) mass is 668 g/mol. The summed E-state index contributed by atoms with van der Waals surface area (Å²) in [5.74, 6) is 0.0494. The molecule has 3 heterocycles. The highest BCUT2D eigenvalue weighted by Gasteiger charge is 2.21. The number of hydrogen-bond donors (Lipinski definition) is 3. The summed E-state index contributed by atoms with van der Waals surface area (Å²) in [5, 5.41) is 15.0. The molecule has 6 rings (SSSR count). The standard InChI is InChI=1S/C32H35FIN5O2/c33-24-15-23(16-25(34)19-24)14-21-5-7-29-28(17-21)31(38-37-29)36-32(40)27-6-4-22(20-39-10-2-1-3-11-39)18-30(27)35-26-8-12-41-13-9-26/h4-7,15-19,26,34H,1-3,8-14,20H2,(H2-,35,36,37,38,40)/p+1. The summed E-state index contributed by atoms with van der Waals surface area (Å²) >= 11 is 1.81. The molecule has 0 unspecified atom stereocenters. The number of H-pyrrole nitrogens is 1. The zero-order valence-corrected chi connectivity index (χ0v) is 25.4. The summed E-state index contributed by atoms with van der Waals surface area (Å²) in [6.07, 6.45) is 6.21. The number of nitrogens with zero attached hydrogens (tertiary/aromatic N) is 2. The third-order valence-electron chi connectivity index (χ3n) is 7.96. The average Bonchev–Trinajstić information content (AvgIpc) is 3.35. The summed E-state index contributed by atoms with van der Waals surface area (Å²) in [6.45, 7) is 4.59. The average molecular weight is 669 g/mol. The number of benzene rings is 3. The van der Waals surface area contributed by atoms with Crippen LogP contribution in [0.2, 0.25) is 0 Å². The van der Waals surface area contributed by atoms with Crippen LogP contribution in [0.15, 0.2) is 54.6 Å². The molecule has 0 radical (unpaired) electrons. The number of rotatable bonds is 8. The van der Waals surface area contributed by atoms with Crippen molar-refractivity contribution < 1.29 is 36.5 Å². The minimum absolute atomic E-state index is 0.205. The van der Waals surface area contributed by atoms with E-state index in [1.807, 2.05) is 52.9 Å². The molecule has 2 fully saturated rings. The quantitative estimate of drug-likeness (QED) is 0.252. The second-order valence-electron chi connectivity index (χ2n) is 11.1. The number of hydrogen-bond acceptors (Lipinski definition) is 5. The summed E-state index contributed by atoms with van der Waals surface area (Å²) < 4.78 is 20.4. The van der Waals surface area contributed by atoms with Crippen molar-refractivity contribution in [3.05, 3.63) is 86.2 Å². The van der Waals surface area contributed by atoms with E-state index in [1.165, 1.54) is 30.9 Å². The van der Waals surface area contributed by atoms with Crippen LogP contribution in [0.1, 0.15) is 59.2 Å². The van der Waals surface area contributed by atoms with Gasteiger partial charge in [-0.1, -0.05) is 18.6 Å². The van der Waals surface area contributed by atoms with E-state index >= 15 is 0 Å². The Bertz CT molecular complexity index is 1510. The lowest BCUT2D eigenvalue weighted by molar-refractivity contribution is -0.328. The van der Waals surface area contributed by atoms with Crippen LogP contribution in [-0.4, -0.2) is 53.3 Å². The van der Waals surface area contributed by atoms with Gasteiger partial charge >= 0.3 is 0 Å². The topological polar surface area (TPSA) is 82.3 Å². The van der Waals surface area contributed by atoms with Crippen molar-refractivity contribution in [2.24, 2.45) is 0 Å². The number of aromatic amines is 1. The van der Waals surface area contributed by atoms with Crippen LogP contribution >= 0.6 is 0 Å². The fourth-order valence-corrected chi connectivity index (χ4v) is 6.60. The first-order chi connectivity index (χ1) is 20.0. The normalized spacial score (nSPS) is 16.6. The van der Waals surface area contributed by atoms with Gasteiger partial charge in [0.2, 0.25) is 0 Å². The molecular weight excluding hydrogens is 632 g/mol. The zero-order valence-electron chi connectivity index (χ0n) is 23.0. The minimum atomic E-state index is -0.229. The van der Waals surface area contributed by atoms with E-state index in [0.29, 0.717) is 17.8 Å². The Kier molecular flexibility index (Phi) is 8.83. The summed E-state index contributed by atoms with van der Waals surface area (Å²) in [4.78, 5) is 16.2. The number of carbonyl (C=O) groups excluding carboxylic acids is 1. The second kappa shape index (κ2) is 12.9. The van der Waals surface area contributed by atoms with E-state index in [2.05, 4.69) is 37.9 Å². The predicted molar refractivity (Wildman–Crippen MR) is 156 cm³/mol. The Hall–Kier alpha value is -3.02. The largest absolute Gasteiger partial charge is 0.381 e. The van der Waals surface area contributed by atoms with Gasteiger partial charge in [0.15, 0.2) is 9.39 Å². The molecule has 214 valence electrons. The molecule has 0 bridgehead atoms. The third kappa shape index (κ3) is 7.07. The number of carbonyl (C=O) groups is 1. The van der Waals surface area contributed by atoms with E-state index < -0.39 is 0 Å². The van der Waals surface area contributed by atoms with Gasteiger partial charge in [-0.2, -0.15) is 5.10 Å². The molecule has 1 amide bonds. The van der Waals surface area contributed by atoms with Gasteiger partial charge in [0.25, 0.3) is 28.5 Å². The first-order valence-corrected chi connectivity index (χ1v) is 15.6. The minimum Gasteiger partial charge on any atom is -0.381 e. The highest BCUT2D eigenvalue weighted by Crippen LogP contribution is 2.27. The van der Waals surface area contributed by atoms with E-state index in [0.717, 1.165) is 77.0 Å². The van der Waals surface area contributed by atoms with Gasteiger partial charge in [-0.25, -0.2) is 4.39 Å². The van der Waals surface area contributed by atoms with Crippen molar-refractivity contribution in [3.8, 4) is 0 Å². The van der Waals surface area contributed by atoms with Crippen LogP contribution < -0.4 is 33.2 Å². The van der Waals surface area contributed by atoms with Gasteiger partial charge in [-0.15, -0.1) is 0 Å². The van der Waals surface area contributed by atoms with Crippen molar-refractivity contribution >= 4 is 28.3 Å². The second-order valence-corrected chi connectivity index (χ2v) is 12.5. The van der Waals surface area contributed by atoms with Gasteiger partial charge in [0.05, 0.1) is 11.1 Å². The Morgan fingerprint density at radius 1 is 1.00 bits per heavy atom. The Morgan fingerprint density at radius 3 is 2.61 bits per heavy atom. The van der Waals surface area contributed by atoms with Crippen molar-refractivity contribution in [1.29, 1.82) is 0 Å². The van der Waals surface area contributed by atoms with Gasteiger partial charge in [-0.05, 0) is 98.3 Å². The van der Waals surface area contributed by atoms with Crippen molar-refractivity contribution in [2.75, 3.05) is 36.9 Å². The van der Waals surface area contributed by atoms with E-state index in [-0.39, 0.29) is 17.8 Å². The Labute approximate surface area is 253 Å². The molecule has 2 aliphatic heterocycles. The number of nitrogens with one attached hydrogen (secondary N) is 3. The molecule has 9 heteroatoms. The lowest BCUT2D eigenvalue weighted by Gasteiger charge is -2.28. The molecule has 0 atom stereocenters. The van der Waals surface area contributed by atoms with Crippen molar-refractivity contribution in [1.82, 2.24) is 15.1 Å². The van der Waals surface area contributed by atoms with E-state index in [4.69, 9.17) is 4.74 Å². The molecule has 3 N–H and O–H groups in total. The van der Waals surface area contributed by atoms with Crippen LogP contribution in [0, 0.1) is 9.39 Å². The molecule has 2 saturated heterocycles. The number of aromatic nitrogens is 2. The molecule has 41 heavy (non-hydrogen) atoms. The molecule has 0 saturated carbocycles. The Morgan fingerprint density at radius 2 is 1.80 bits per heavy atom. The molecule has 3 aromatic carbocycles. The SMILES string of the molecule is O=C(Nc1n[nH]c2ccc(Cc3cc(F)cc([IH+])c3)cc12)c1ccc(CN2CCCCC2)cc1NC1CCOCC1. The molecule has 4 aromatic rings. The van der Waals surface area contributed by atoms with Crippen molar-refractivity contribution in [2.45, 2.75) is 51.1 Å². The van der Waals surface area contributed by atoms with E-state index in [1.54, 1.807) is 6.07 Å². The lowest BCUT2D eigenvalue weighted by atomic mass is 10.0. The number of piperidine rings is 1. The van der Waals surface area contributed by atoms with Gasteiger partial charge in [0.1, 0.15) is 5.82 Å². The summed E-state index contributed by atoms with van der Waals surface area (Å²) in [7, 11) is 0. The van der Waals surface area contributed by atoms with E-state index in [9.17, 15) is 9.18 Å².